The van der Waals surface area contributed by atoms with Crippen LogP contribution in [0.5, 0.6) is 0 Å². The number of para-hydroxylation sites is 1. The van der Waals surface area contributed by atoms with Crippen LogP contribution in [0.3, 0.4) is 0 Å². The van der Waals surface area contributed by atoms with Crippen LogP contribution in [-0.4, -0.2) is 19.3 Å². The molecule has 18 heavy (non-hydrogen) atoms. The predicted octanol–water partition coefficient (Wildman–Crippen LogP) is 1.18. The van der Waals surface area contributed by atoms with Crippen molar-refractivity contribution in [2.75, 3.05) is 0 Å². The maximum Gasteiger partial charge on any atom is 0.253 e. The van der Waals surface area contributed by atoms with Crippen LogP contribution in [0.4, 0.5) is 0 Å². The summed E-state index contributed by atoms with van der Waals surface area (Å²) in [5.41, 5.74) is 1.87. The Kier molecular flexibility index (Phi) is 2.44. The zero-order chi connectivity index (χ0) is 12.5. The lowest BCUT2D eigenvalue weighted by molar-refractivity contribution is 0.689. The van der Waals surface area contributed by atoms with Gasteiger partial charge in [0.1, 0.15) is 0 Å². The molecule has 90 valence electrons. The molecule has 0 aliphatic heterocycles. The second-order valence-corrected chi connectivity index (χ2v) is 4.13. The number of aromatic nitrogens is 4. The standard InChI is InChI=1S/C13H12N4O/c1-16-12-5-3-2-4-10(12)11(15-16)8-17-9-14-7-6-13(17)18/h2-7,9H,8H2,1H3. The Balaban J connectivity index is 2.11. The fourth-order valence-corrected chi connectivity index (χ4v) is 2.06. The van der Waals surface area contributed by atoms with Crippen molar-refractivity contribution >= 4 is 10.9 Å². The Labute approximate surface area is 103 Å². The van der Waals surface area contributed by atoms with E-state index in [1.54, 1.807) is 4.57 Å². The molecule has 0 amide bonds. The largest absolute Gasteiger partial charge is 0.293 e. The summed E-state index contributed by atoms with van der Waals surface area (Å²) in [4.78, 5) is 15.6. The summed E-state index contributed by atoms with van der Waals surface area (Å²) in [6.45, 7) is 0.439. The predicted molar refractivity (Wildman–Crippen MR) is 68.3 cm³/mol. The molecule has 2 aromatic heterocycles. The molecule has 0 saturated heterocycles. The zero-order valence-corrected chi connectivity index (χ0v) is 9.95. The van der Waals surface area contributed by atoms with Gasteiger partial charge in [-0.2, -0.15) is 5.10 Å². The van der Waals surface area contributed by atoms with Gasteiger partial charge in [0, 0.05) is 24.7 Å². The lowest BCUT2D eigenvalue weighted by atomic mass is 10.2. The van der Waals surface area contributed by atoms with E-state index < -0.39 is 0 Å². The number of benzene rings is 1. The third kappa shape index (κ3) is 1.69. The average molecular weight is 240 g/mol. The van der Waals surface area contributed by atoms with E-state index in [4.69, 9.17) is 0 Å². The Morgan fingerprint density at radius 3 is 2.89 bits per heavy atom. The second-order valence-electron chi connectivity index (χ2n) is 4.13. The molecule has 0 aliphatic carbocycles. The van der Waals surface area contributed by atoms with E-state index in [-0.39, 0.29) is 5.56 Å². The fraction of sp³-hybridized carbons (Fsp3) is 0.154. The van der Waals surface area contributed by atoms with Crippen molar-refractivity contribution in [3.63, 3.8) is 0 Å². The highest BCUT2D eigenvalue weighted by Crippen LogP contribution is 2.17. The molecular formula is C13H12N4O. The van der Waals surface area contributed by atoms with Gasteiger partial charge < -0.3 is 0 Å². The molecule has 0 atom stereocenters. The summed E-state index contributed by atoms with van der Waals surface area (Å²) in [6.07, 6.45) is 3.03. The van der Waals surface area contributed by atoms with Crippen molar-refractivity contribution < 1.29 is 0 Å². The summed E-state index contributed by atoms with van der Waals surface area (Å²) in [7, 11) is 1.90. The zero-order valence-electron chi connectivity index (χ0n) is 9.95. The van der Waals surface area contributed by atoms with E-state index in [0.717, 1.165) is 16.6 Å². The first-order chi connectivity index (χ1) is 8.75. The summed E-state index contributed by atoms with van der Waals surface area (Å²) in [5, 5.41) is 5.52. The first kappa shape index (κ1) is 10.7. The minimum Gasteiger partial charge on any atom is -0.293 e. The van der Waals surface area contributed by atoms with Gasteiger partial charge in [0.25, 0.3) is 5.56 Å². The Morgan fingerprint density at radius 2 is 2.06 bits per heavy atom. The van der Waals surface area contributed by atoms with Gasteiger partial charge in [-0.25, -0.2) is 4.98 Å². The number of rotatable bonds is 2. The topological polar surface area (TPSA) is 52.7 Å². The molecule has 0 N–H and O–H groups in total. The number of hydrogen-bond donors (Lipinski definition) is 0. The third-order valence-electron chi connectivity index (χ3n) is 2.95. The lowest BCUT2D eigenvalue weighted by Crippen LogP contribution is -2.19. The van der Waals surface area contributed by atoms with Gasteiger partial charge in [0.15, 0.2) is 0 Å². The van der Waals surface area contributed by atoms with Crippen molar-refractivity contribution in [2.45, 2.75) is 6.54 Å². The quantitative estimate of drug-likeness (QED) is 0.676. The van der Waals surface area contributed by atoms with E-state index in [0.29, 0.717) is 6.54 Å². The van der Waals surface area contributed by atoms with E-state index in [1.807, 2.05) is 36.0 Å². The average Bonchev–Trinajstić information content (AvgIpc) is 2.70. The van der Waals surface area contributed by atoms with Crippen LogP contribution in [0.15, 0.2) is 47.7 Å². The van der Waals surface area contributed by atoms with E-state index in [2.05, 4.69) is 10.1 Å². The molecule has 0 fully saturated rings. The van der Waals surface area contributed by atoms with Crippen LogP contribution in [-0.2, 0) is 13.6 Å². The molecule has 0 radical (unpaired) electrons. The van der Waals surface area contributed by atoms with Crippen LogP contribution >= 0.6 is 0 Å². The molecule has 3 aromatic rings. The molecule has 0 unspecified atom stereocenters. The molecule has 0 spiro atoms. The Morgan fingerprint density at radius 1 is 1.22 bits per heavy atom. The SMILES string of the molecule is Cn1nc(Cn2cnccc2=O)c2ccccc21. The van der Waals surface area contributed by atoms with Crippen molar-refractivity contribution in [3.8, 4) is 0 Å². The van der Waals surface area contributed by atoms with Gasteiger partial charge in [-0.05, 0) is 6.07 Å². The van der Waals surface area contributed by atoms with E-state index in [9.17, 15) is 4.79 Å². The number of aryl methyl sites for hydroxylation is 1. The van der Waals surface area contributed by atoms with Gasteiger partial charge >= 0.3 is 0 Å². The summed E-state index contributed by atoms with van der Waals surface area (Å²) < 4.78 is 3.38. The van der Waals surface area contributed by atoms with Crippen molar-refractivity contribution in [3.05, 3.63) is 58.9 Å². The molecule has 5 nitrogen and oxygen atoms in total. The Bertz CT molecular complexity index is 757. The van der Waals surface area contributed by atoms with Crippen molar-refractivity contribution in [2.24, 2.45) is 7.05 Å². The summed E-state index contributed by atoms with van der Waals surface area (Å²) >= 11 is 0. The van der Waals surface area contributed by atoms with Crippen molar-refractivity contribution in [1.29, 1.82) is 0 Å². The first-order valence-electron chi connectivity index (χ1n) is 5.67. The highest BCUT2D eigenvalue weighted by atomic mass is 16.1. The molecule has 2 heterocycles. The summed E-state index contributed by atoms with van der Waals surface area (Å²) in [6, 6.07) is 9.42. The van der Waals surface area contributed by atoms with Crippen LogP contribution in [0.1, 0.15) is 5.69 Å². The summed E-state index contributed by atoms with van der Waals surface area (Å²) in [5.74, 6) is 0. The lowest BCUT2D eigenvalue weighted by Gasteiger charge is -2.01. The molecule has 0 saturated carbocycles. The molecule has 1 aromatic carbocycles. The van der Waals surface area contributed by atoms with Crippen LogP contribution in [0, 0.1) is 0 Å². The third-order valence-corrected chi connectivity index (χ3v) is 2.95. The second kappa shape index (κ2) is 4.10. The van der Waals surface area contributed by atoms with Crippen LogP contribution in [0.2, 0.25) is 0 Å². The molecule has 5 heteroatoms. The smallest absolute Gasteiger partial charge is 0.253 e. The van der Waals surface area contributed by atoms with Gasteiger partial charge in [-0.1, -0.05) is 18.2 Å². The fourth-order valence-electron chi connectivity index (χ4n) is 2.06. The monoisotopic (exact) mass is 240 g/mol. The van der Waals surface area contributed by atoms with Gasteiger partial charge in [-0.15, -0.1) is 0 Å². The maximum absolute atomic E-state index is 11.7. The molecule has 3 rings (SSSR count). The van der Waals surface area contributed by atoms with Crippen LogP contribution in [0.25, 0.3) is 10.9 Å². The highest BCUT2D eigenvalue weighted by molar-refractivity contribution is 5.81. The molecule has 0 aliphatic rings. The number of fused-ring (bicyclic) bond motifs is 1. The van der Waals surface area contributed by atoms with Gasteiger partial charge in [-0.3, -0.25) is 14.0 Å². The van der Waals surface area contributed by atoms with Gasteiger partial charge in [0.2, 0.25) is 0 Å². The van der Waals surface area contributed by atoms with Crippen molar-refractivity contribution in [1.82, 2.24) is 19.3 Å². The van der Waals surface area contributed by atoms with E-state index in [1.165, 1.54) is 18.6 Å². The minimum atomic E-state index is -0.0697. The highest BCUT2D eigenvalue weighted by Gasteiger charge is 2.08. The van der Waals surface area contributed by atoms with E-state index >= 15 is 0 Å². The first-order valence-corrected chi connectivity index (χ1v) is 5.67. The minimum absolute atomic E-state index is 0.0697. The van der Waals surface area contributed by atoms with Crippen LogP contribution < -0.4 is 5.56 Å². The number of nitrogens with zero attached hydrogens (tertiary/aromatic N) is 4. The molecule has 0 bridgehead atoms. The Hall–Kier alpha value is -2.43. The number of hydrogen-bond acceptors (Lipinski definition) is 3. The van der Waals surface area contributed by atoms with Gasteiger partial charge in [0.05, 0.1) is 24.1 Å². The molecular weight excluding hydrogens is 228 g/mol. The normalized spacial score (nSPS) is 10.9. The maximum atomic E-state index is 11.7.